The van der Waals surface area contributed by atoms with Gasteiger partial charge in [-0.05, 0) is 29.8 Å². The SMILES string of the molecule is O=C(Cc1ccccc1)NCC(=O)OCC(=O)Nc1ccc(Cl)cc1. The van der Waals surface area contributed by atoms with Crippen LogP contribution in [0.3, 0.4) is 0 Å². The second-order valence-corrected chi connectivity index (χ2v) is 5.59. The zero-order valence-corrected chi connectivity index (χ0v) is 14.1. The van der Waals surface area contributed by atoms with E-state index in [1.165, 1.54) is 0 Å². The predicted octanol–water partition coefficient (Wildman–Crippen LogP) is 2.18. The highest BCUT2D eigenvalue weighted by molar-refractivity contribution is 6.30. The van der Waals surface area contributed by atoms with Crippen LogP contribution >= 0.6 is 11.6 Å². The maximum absolute atomic E-state index is 11.7. The molecule has 2 N–H and O–H groups in total. The average molecular weight is 361 g/mol. The van der Waals surface area contributed by atoms with E-state index in [-0.39, 0.29) is 18.9 Å². The molecule has 0 aliphatic rings. The van der Waals surface area contributed by atoms with Gasteiger partial charge >= 0.3 is 5.97 Å². The molecule has 2 amide bonds. The summed E-state index contributed by atoms with van der Waals surface area (Å²) in [6.07, 6.45) is 0.172. The van der Waals surface area contributed by atoms with E-state index in [1.807, 2.05) is 30.3 Å². The first-order valence-electron chi connectivity index (χ1n) is 7.54. The van der Waals surface area contributed by atoms with Crippen molar-refractivity contribution in [1.82, 2.24) is 5.32 Å². The van der Waals surface area contributed by atoms with Crippen molar-refractivity contribution in [2.75, 3.05) is 18.5 Å². The number of hydrogen-bond acceptors (Lipinski definition) is 4. The molecule has 0 spiro atoms. The van der Waals surface area contributed by atoms with Gasteiger partial charge in [-0.2, -0.15) is 0 Å². The van der Waals surface area contributed by atoms with Crippen LogP contribution in [0.2, 0.25) is 5.02 Å². The molecular formula is C18H17ClN2O4. The zero-order valence-electron chi connectivity index (χ0n) is 13.3. The first kappa shape index (κ1) is 18.5. The molecule has 6 nitrogen and oxygen atoms in total. The van der Waals surface area contributed by atoms with E-state index in [1.54, 1.807) is 24.3 Å². The van der Waals surface area contributed by atoms with Gasteiger partial charge in [0.15, 0.2) is 6.61 Å². The van der Waals surface area contributed by atoms with Crippen LogP contribution < -0.4 is 10.6 Å². The number of amides is 2. The van der Waals surface area contributed by atoms with Crippen molar-refractivity contribution in [3.63, 3.8) is 0 Å². The molecule has 2 aromatic carbocycles. The van der Waals surface area contributed by atoms with Gasteiger partial charge in [0.2, 0.25) is 5.91 Å². The lowest BCUT2D eigenvalue weighted by atomic mass is 10.1. The average Bonchev–Trinajstić information content (AvgIpc) is 2.61. The third-order valence-corrected chi connectivity index (χ3v) is 3.38. The molecule has 25 heavy (non-hydrogen) atoms. The third kappa shape index (κ3) is 7.05. The predicted molar refractivity (Wildman–Crippen MR) is 94.2 cm³/mol. The molecule has 2 rings (SSSR count). The van der Waals surface area contributed by atoms with Crippen LogP contribution in [0.5, 0.6) is 0 Å². The van der Waals surface area contributed by atoms with E-state index in [2.05, 4.69) is 10.6 Å². The Balaban J connectivity index is 1.65. The normalized spacial score (nSPS) is 9.96. The molecule has 0 bridgehead atoms. The maximum atomic E-state index is 11.7. The number of nitrogens with one attached hydrogen (secondary N) is 2. The molecule has 0 atom stereocenters. The van der Waals surface area contributed by atoms with E-state index in [0.717, 1.165) is 5.56 Å². The summed E-state index contributed by atoms with van der Waals surface area (Å²) in [5.41, 5.74) is 1.39. The Morgan fingerprint density at radius 1 is 0.920 bits per heavy atom. The van der Waals surface area contributed by atoms with Gasteiger partial charge in [0.05, 0.1) is 6.42 Å². The number of esters is 1. The Kier molecular flexibility index (Phi) is 6.98. The Labute approximate surface area is 150 Å². The molecule has 2 aromatic rings. The molecule has 0 aromatic heterocycles. The number of halogens is 1. The lowest BCUT2D eigenvalue weighted by Crippen LogP contribution is -2.33. The van der Waals surface area contributed by atoms with E-state index in [0.29, 0.717) is 10.7 Å². The second-order valence-electron chi connectivity index (χ2n) is 5.15. The fraction of sp³-hybridized carbons (Fsp3) is 0.167. The summed E-state index contributed by atoms with van der Waals surface area (Å²) in [7, 11) is 0. The van der Waals surface area contributed by atoms with Crippen molar-refractivity contribution in [1.29, 1.82) is 0 Å². The highest BCUT2D eigenvalue weighted by Crippen LogP contribution is 2.13. The summed E-state index contributed by atoms with van der Waals surface area (Å²) < 4.78 is 4.81. The largest absolute Gasteiger partial charge is 0.454 e. The number of hydrogen-bond donors (Lipinski definition) is 2. The van der Waals surface area contributed by atoms with Crippen molar-refractivity contribution in [3.8, 4) is 0 Å². The molecular weight excluding hydrogens is 344 g/mol. The van der Waals surface area contributed by atoms with E-state index in [9.17, 15) is 14.4 Å². The molecule has 0 aliphatic carbocycles. The van der Waals surface area contributed by atoms with Gasteiger partial charge in [-0.3, -0.25) is 14.4 Å². The number of benzene rings is 2. The van der Waals surface area contributed by atoms with Crippen molar-refractivity contribution in [2.24, 2.45) is 0 Å². The van der Waals surface area contributed by atoms with Crippen LogP contribution in [0.15, 0.2) is 54.6 Å². The quantitative estimate of drug-likeness (QED) is 0.741. The molecule has 0 fully saturated rings. The van der Waals surface area contributed by atoms with Crippen LogP contribution in [0.1, 0.15) is 5.56 Å². The van der Waals surface area contributed by atoms with Crippen molar-refractivity contribution >= 4 is 35.1 Å². The molecule has 0 saturated carbocycles. The van der Waals surface area contributed by atoms with Gasteiger partial charge in [-0.25, -0.2) is 0 Å². The summed E-state index contributed by atoms with van der Waals surface area (Å²) in [5.74, 6) is -1.47. The van der Waals surface area contributed by atoms with Gasteiger partial charge in [-0.15, -0.1) is 0 Å². The van der Waals surface area contributed by atoms with E-state index >= 15 is 0 Å². The number of ether oxygens (including phenoxy) is 1. The Morgan fingerprint density at radius 3 is 2.28 bits per heavy atom. The van der Waals surface area contributed by atoms with Gasteiger partial charge in [0, 0.05) is 10.7 Å². The number of carbonyl (C=O) groups is 3. The topological polar surface area (TPSA) is 84.5 Å². The smallest absolute Gasteiger partial charge is 0.325 e. The highest BCUT2D eigenvalue weighted by atomic mass is 35.5. The number of rotatable bonds is 7. The molecule has 0 aliphatic heterocycles. The van der Waals surface area contributed by atoms with Crippen LogP contribution in [0.25, 0.3) is 0 Å². The molecule has 0 radical (unpaired) electrons. The van der Waals surface area contributed by atoms with Gasteiger partial charge in [0.25, 0.3) is 5.91 Å². The number of carbonyl (C=O) groups excluding carboxylic acids is 3. The number of anilines is 1. The Hall–Kier alpha value is -2.86. The summed E-state index contributed by atoms with van der Waals surface area (Å²) in [5, 5.41) is 5.56. The van der Waals surface area contributed by atoms with Gasteiger partial charge in [-0.1, -0.05) is 41.9 Å². The van der Waals surface area contributed by atoms with Crippen LogP contribution in [0.4, 0.5) is 5.69 Å². The van der Waals surface area contributed by atoms with Crippen molar-refractivity contribution in [2.45, 2.75) is 6.42 Å². The summed E-state index contributed by atoms with van der Waals surface area (Å²) >= 11 is 5.75. The third-order valence-electron chi connectivity index (χ3n) is 3.13. The molecule has 0 heterocycles. The minimum atomic E-state index is -0.687. The Bertz CT molecular complexity index is 733. The lowest BCUT2D eigenvalue weighted by molar-refractivity contribution is -0.147. The van der Waals surface area contributed by atoms with Crippen LogP contribution in [-0.2, 0) is 25.5 Å². The molecule has 0 saturated heterocycles. The summed E-state index contributed by atoms with van der Waals surface area (Å²) in [6.45, 7) is -0.726. The highest BCUT2D eigenvalue weighted by Gasteiger charge is 2.10. The van der Waals surface area contributed by atoms with Gasteiger partial charge in [0.1, 0.15) is 6.54 Å². The fourth-order valence-corrected chi connectivity index (χ4v) is 2.07. The van der Waals surface area contributed by atoms with E-state index in [4.69, 9.17) is 16.3 Å². The minimum absolute atomic E-state index is 0.172. The molecule has 0 unspecified atom stereocenters. The summed E-state index contributed by atoms with van der Waals surface area (Å²) in [6, 6.07) is 15.7. The van der Waals surface area contributed by atoms with E-state index < -0.39 is 18.5 Å². The standard InChI is InChI=1S/C18H17ClN2O4/c19-14-6-8-15(9-7-14)21-17(23)12-25-18(24)11-20-16(22)10-13-4-2-1-3-5-13/h1-9H,10-12H2,(H,20,22)(H,21,23). The minimum Gasteiger partial charge on any atom is -0.454 e. The lowest BCUT2D eigenvalue weighted by Gasteiger charge is -2.08. The summed E-state index contributed by atoms with van der Waals surface area (Å²) in [4.78, 5) is 35.0. The molecule has 130 valence electrons. The monoisotopic (exact) mass is 360 g/mol. The maximum Gasteiger partial charge on any atom is 0.325 e. The van der Waals surface area contributed by atoms with Gasteiger partial charge < -0.3 is 15.4 Å². The zero-order chi connectivity index (χ0) is 18.1. The van der Waals surface area contributed by atoms with Crippen molar-refractivity contribution in [3.05, 3.63) is 65.2 Å². The van der Waals surface area contributed by atoms with Crippen LogP contribution in [0, 0.1) is 0 Å². The van der Waals surface area contributed by atoms with Crippen LogP contribution in [-0.4, -0.2) is 30.9 Å². The Morgan fingerprint density at radius 2 is 1.60 bits per heavy atom. The molecule has 7 heteroatoms. The first-order valence-corrected chi connectivity index (χ1v) is 7.92. The fourth-order valence-electron chi connectivity index (χ4n) is 1.94. The second kappa shape index (κ2) is 9.44. The van der Waals surface area contributed by atoms with Crippen molar-refractivity contribution < 1.29 is 19.1 Å². The first-order chi connectivity index (χ1) is 12.0.